The van der Waals surface area contributed by atoms with E-state index < -0.39 is 0 Å². The van der Waals surface area contributed by atoms with E-state index >= 15 is 0 Å². The number of aryl methyl sites for hydroxylation is 2. The van der Waals surface area contributed by atoms with Gasteiger partial charge in [-0.3, -0.25) is 0 Å². The molecular weight excluding hydrogens is 256 g/mol. The van der Waals surface area contributed by atoms with Gasteiger partial charge in [-0.25, -0.2) is 4.98 Å². The summed E-state index contributed by atoms with van der Waals surface area (Å²) in [6.07, 6.45) is 0.781. The predicted molar refractivity (Wildman–Crippen MR) is 76.5 cm³/mol. The van der Waals surface area contributed by atoms with E-state index in [2.05, 4.69) is 24.0 Å². The number of aromatic nitrogens is 1. The summed E-state index contributed by atoms with van der Waals surface area (Å²) in [5, 5.41) is 9.86. The molecule has 1 heterocycles. The summed E-state index contributed by atoms with van der Waals surface area (Å²) in [5.74, 6) is 0.881. The normalized spacial score (nSPS) is 10.2. The first-order chi connectivity index (χ1) is 9.15. The van der Waals surface area contributed by atoms with E-state index in [1.807, 2.05) is 26.0 Å². The number of benzene rings is 1. The second-order valence-electron chi connectivity index (χ2n) is 4.34. The number of hydrogen-bond donors (Lipinski definition) is 0. The van der Waals surface area contributed by atoms with Crippen LogP contribution in [-0.2, 0) is 13.0 Å². The molecule has 0 radical (unpaired) electrons. The number of nitrogens with zero attached hydrogens (tertiary/aromatic N) is 2. The highest BCUT2D eigenvalue weighted by molar-refractivity contribution is 7.12. The Bertz CT molecular complexity index is 626. The first-order valence-electron chi connectivity index (χ1n) is 6.23. The molecule has 1 aromatic carbocycles. The average molecular weight is 272 g/mol. The van der Waals surface area contributed by atoms with Crippen molar-refractivity contribution in [1.29, 1.82) is 5.26 Å². The smallest absolute Gasteiger partial charge is 0.140 e. The zero-order chi connectivity index (χ0) is 13.8. The lowest BCUT2D eigenvalue weighted by molar-refractivity contribution is 0.303. The van der Waals surface area contributed by atoms with Crippen molar-refractivity contribution in [3.63, 3.8) is 0 Å². The molecule has 0 saturated carbocycles. The van der Waals surface area contributed by atoms with Gasteiger partial charge in [-0.1, -0.05) is 19.1 Å². The maximum absolute atomic E-state index is 9.01. The molecule has 0 aliphatic carbocycles. The molecule has 0 unspecified atom stereocenters. The van der Waals surface area contributed by atoms with Crippen LogP contribution in [0.25, 0.3) is 0 Å². The van der Waals surface area contributed by atoms with E-state index in [9.17, 15) is 0 Å². The second kappa shape index (κ2) is 5.85. The van der Waals surface area contributed by atoms with Crippen LogP contribution in [0.4, 0.5) is 0 Å². The van der Waals surface area contributed by atoms with Crippen molar-refractivity contribution >= 4 is 11.3 Å². The number of thiazole rings is 1. The molecule has 4 heteroatoms. The summed E-state index contributed by atoms with van der Waals surface area (Å²) >= 11 is 1.42. The van der Waals surface area contributed by atoms with Crippen molar-refractivity contribution in [3.8, 4) is 11.8 Å². The third-order valence-corrected chi connectivity index (χ3v) is 4.06. The molecule has 2 rings (SSSR count). The van der Waals surface area contributed by atoms with E-state index in [0.29, 0.717) is 11.5 Å². The molecule has 0 spiro atoms. The van der Waals surface area contributed by atoms with Crippen LogP contribution in [-0.4, -0.2) is 4.98 Å². The van der Waals surface area contributed by atoms with E-state index in [0.717, 1.165) is 28.4 Å². The molecule has 0 aliphatic heterocycles. The van der Waals surface area contributed by atoms with Gasteiger partial charge in [-0.05, 0) is 37.5 Å². The van der Waals surface area contributed by atoms with Crippen molar-refractivity contribution < 1.29 is 4.74 Å². The standard InChI is InChI=1S/C15H16N2OS/c1-4-12-14(8-16)19-15(17-12)9-18-13-7-5-6-10(2)11(13)3/h5-7H,4,9H2,1-3H3. The highest BCUT2D eigenvalue weighted by Crippen LogP contribution is 2.24. The van der Waals surface area contributed by atoms with Gasteiger partial charge in [0.15, 0.2) is 0 Å². The lowest BCUT2D eigenvalue weighted by Gasteiger charge is -2.09. The van der Waals surface area contributed by atoms with Crippen molar-refractivity contribution in [2.45, 2.75) is 33.8 Å². The molecule has 3 nitrogen and oxygen atoms in total. The van der Waals surface area contributed by atoms with Crippen molar-refractivity contribution in [3.05, 3.63) is 44.9 Å². The minimum absolute atomic E-state index is 0.420. The maximum Gasteiger partial charge on any atom is 0.140 e. The van der Waals surface area contributed by atoms with Crippen LogP contribution in [0.1, 0.15) is 33.6 Å². The molecule has 0 fully saturated rings. The van der Waals surface area contributed by atoms with Gasteiger partial charge in [-0.15, -0.1) is 11.3 Å². The highest BCUT2D eigenvalue weighted by Gasteiger charge is 2.10. The molecule has 0 aliphatic rings. The fraction of sp³-hybridized carbons (Fsp3) is 0.333. The molecule has 0 N–H and O–H groups in total. The molecular formula is C15H16N2OS. The summed E-state index contributed by atoms with van der Waals surface area (Å²) in [7, 11) is 0. The molecule has 0 bridgehead atoms. The molecule has 0 atom stereocenters. The van der Waals surface area contributed by atoms with Gasteiger partial charge in [0.1, 0.15) is 28.3 Å². The summed E-state index contributed by atoms with van der Waals surface area (Å²) in [6, 6.07) is 8.19. The Morgan fingerprint density at radius 3 is 2.79 bits per heavy atom. The van der Waals surface area contributed by atoms with Crippen LogP contribution < -0.4 is 4.74 Å². The molecule has 2 aromatic rings. The number of ether oxygens (including phenoxy) is 1. The first-order valence-corrected chi connectivity index (χ1v) is 7.05. The van der Waals surface area contributed by atoms with Gasteiger partial charge in [-0.2, -0.15) is 5.26 Å². The Hall–Kier alpha value is -1.86. The zero-order valence-corrected chi connectivity index (χ0v) is 12.2. The van der Waals surface area contributed by atoms with Crippen LogP contribution in [0.5, 0.6) is 5.75 Å². The van der Waals surface area contributed by atoms with Crippen molar-refractivity contribution in [2.24, 2.45) is 0 Å². The minimum atomic E-state index is 0.420. The summed E-state index contributed by atoms with van der Waals surface area (Å²) in [6.45, 7) is 6.54. The Kier molecular flexibility index (Phi) is 4.18. The maximum atomic E-state index is 9.01. The topological polar surface area (TPSA) is 45.9 Å². The first kappa shape index (κ1) is 13.6. The van der Waals surface area contributed by atoms with Gasteiger partial charge in [0.2, 0.25) is 0 Å². The lowest BCUT2D eigenvalue weighted by atomic mass is 10.1. The second-order valence-corrected chi connectivity index (χ2v) is 5.42. The average Bonchev–Trinajstić information content (AvgIpc) is 2.83. The fourth-order valence-electron chi connectivity index (χ4n) is 1.81. The van der Waals surface area contributed by atoms with Crippen molar-refractivity contribution in [2.75, 3.05) is 0 Å². The molecule has 1 aromatic heterocycles. The number of hydrogen-bond acceptors (Lipinski definition) is 4. The van der Waals surface area contributed by atoms with Crippen LogP contribution in [0.2, 0.25) is 0 Å². The Balaban J connectivity index is 2.13. The van der Waals surface area contributed by atoms with Crippen LogP contribution in [0.15, 0.2) is 18.2 Å². The van der Waals surface area contributed by atoms with Gasteiger partial charge in [0, 0.05) is 0 Å². The molecule has 0 amide bonds. The molecule has 19 heavy (non-hydrogen) atoms. The SMILES string of the molecule is CCc1nc(COc2cccc(C)c2C)sc1C#N. The van der Waals surface area contributed by atoms with E-state index in [-0.39, 0.29) is 0 Å². The van der Waals surface area contributed by atoms with Gasteiger partial charge < -0.3 is 4.74 Å². The Labute approximate surface area is 117 Å². The van der Waals surface area contributed by atoms with Gasteiger partial charge in [0.25, 0.3) is 0 Å². The number of rotatable bonds is 4. The van der Waals surface area contributed by atoms with Crippen LogP contribution in [0.3, 0.4) is 0 Å². The van der Waals surface area contributed by atoms with Crippen LogP contribution >= 0.6 is 11.3 Å². The van der Waals surface area contributed by atoms with E-state index in [1.54, 1.807) is 0 Å². The van der Waals surface area contributed by atoms with Gasteiger partial charge >= 0.3 is 0 Å². The number of nitriles is 1. The Morgan fingerprint density at radius 1 is 1.37 bits per heavy atom. The summed E-state index contributed by atoms with van der Waals surface area (Å²) in [5.41, 5.74) is 3.23. The minimum Gasteiger partial charge on any atom is -0.486 e. The zero-order valence-electron chi connectivity index (χ0n) is 11.4. The molecule has 98 valence electrons. The Morgan fingerprint density at radius 2 is 2.16 bits per heavy atom. The van der Waals surface area contributed by atoms with Gasteiger partial charge in [0.05, 0.1) is 5.69 Å². The molecule has 0 saturated heterocycles. The summed E-state index contributed by atoms with van der Waals surface area (Å²) < 4.78 is 5.80. The third-order valence-electron chi connectivity index (χ3n) is 3.08. The predicted octanol–water partition coefficient (Wildman–Crippen LogP) is 3.77. The summed E-state index contributed by atoms with van der Waals surface area (Å²) in [4.78, 5) is 5.13. The van der Waals surface area contributed by atoms with Crippen molar-refractivity contribution in [1.82, 2.24) is 4.98 Å². The fourth-order valence-corrected chi connectivity index (χ4v) is 2.67. The monoisotopic (exact) mass is 272 g/mol. The van der Waals surface area contributed by atoms with E-state index in [1.165, 1.54) is 16.9 Å². The van der Waals surface area contributed by atoms with E-state index in [4.69, 9.17) is 10.00 Å². The lowest BCUT2D eigenvalue weighted by Crippen LogP contribution is -1.97. The van der Waals surface area contributed by atoms with Crippen LogP contribution in [0, 0.1) is 25.2 Å². The third kappa shape index (κ3) is 2.94. The highest BCUT2D eigenvalue weighted by atomic mass is 32.1. The largest absolute Gasteiger partial charge is 0.486 e. The quantitative estimate of drug-likeness (QED) is 0.851.